The van der Waals surface area contributed by atoms with E-state index >= 15 is 0 Å². The van der Waals surface area contributed by atoms with Crippen LogP contribution < -0.4 is 4.74 Å². The predicted molar refractivity (Wildman–Crippen MR) is 102 cm³/mol. The molecule has 2 aromatic carbocycles. The van der Waals surface area contributed by atoms with E-state index in [2.05, 4.69) is 13.3 Å². The van der Waals surface area contributed by atoms with Crippen molar-refractivity contribution < 1.29 is 9.53 Å². The van der Waals surface area contributed by atoms with Gasteiger partial charge in [0.25, 0.3) is 0 Å². The molecule has 1 atom stereocenters. The van der Waals surface area contributed by atoms with Crippen molar-refractivity contribution >= 4 is 45.6 Å². The highest BCUT2D eigenvalue weighted by molar-refractivity contribution is 7.35. The number of halogens is 2. The van der Waals surface area contributed by atoms with E-state index in [9.17, 15) is 4.79 Å². The van der Waals surface area contributed by atoms with Gasteiger partial charge in [0, 0.05) is 5.82 Å². The van der Waals surface area contributed by atoms with Crippen LogP contribution in [0, 0.1) is 6.92 Å². The minimum atomic E-state index is -0.886. The van der Waals surface area contributed by atoms with Crippen molar-refractivity contribution in [1.82, 2.24) is 0 Å². The topological polar surface area (TPSA) is 26.3 Å². The van der Waals surface area contributed by atoms with E-state index < -0.39 is 11.8 Å². The molecule has 2 rings (SSSR count). The van der Waals surface area contributed by atoms with Gasteiger partial charge in [0.1, 0.15) is 0 Å². The molecular formula is C17H18BCl2O2P. The van der Waals surface area contributed by atoms with E-state index in [-0.39, 0.29) is 15.8 Å². The van der Waals surface area contributed by atoms with E-state index in [0.717, 1.165) is 14.1 Å². The lowest BCUT2D eigenvalue weighted by Crippen LogP contribution is -2.20. The number of benzene rings is 2. The molecule has 0 aliphatic carbocycles. The maximum absolute atomic E-state index is 12.1. The number of esters is 1. The fourth-order valence-electron chi connectivity index (χ4n) is 1.81. The van der Waals surface area contributed by atoms with Gasteiger partial charge in [-0.05, 0) is 43.5 Å². The second-order valence-corrected chi connectivity index (χ2v) is 6.62. The highest BCUT2D eigenvalue weighted by Gasteiger charge is 2.20. The molecule has 0 N–H and O–H groups in total. The van der Waals surface area contributed by atoms with Gasteiger partial charge in [-0.3, -0.25) is 4.79 Å². The van der Waals surface area contributed by atoms with Crippen molar-refractivity contribution in [3.05, 3.63) is 63.6 Å². The van der Waals surface area contributed by atoms with Gasteiger partial charge in [-0.2, -0.15) is 0 Å². The molecule has 2 aromatic rings. The summed E-state index contributed by atoms with van der Waals surface area (Å²) in [7, 11) is 7.01. The van der Waals surface area contributed by atoms with E-state index in [0.29, 0.717) is 5.56 Å². The van der Waals surface area contributed by atoms with Gasteiger partial charge < -0.3 is 4.74 Å². The van der Waals surface area contributed by atoms with Gasteiger partial charge in [0.05, 0.1) is 17.9 Å². The van der Waals surface area contributed by atoms with Gasteiger partial charge in [0.15, 0.2) is 5.75 Å². The van der Waals surface area contributed by atoms with Crippen molar-refractivity contribution in [3.63, 3.8) is 0 Å². The zero-order valence-electron chi connectivity index (χ0n) is 13.3. The predicted octanol–water partition coefficient (Wildman–Crippen LogP) is 5.04. The molecule has 0 saturated carbocycles. The summed E-state index contributed by atoms with van der Waals surface area (Å²) in [6, 6.07) is 12.2. The Morgan fingerprint density at radius 1 is 1.09 bits per heavy atom. The van der Waals surface area contributed by atoms with Crippen molar-refractivity contribution in [2.45, 2.75) is 12.7 Å². The summed E-state index contributed by atoms with van der Waals surface area (Å²) >= 11 is 11.9. The number of ether oxygens (including phenoxy) is 1. The molecule has 0 aromatic heterocycles. The number of rotatable bonds is 3. The minimum absolute atomic E-state index is 0.130. The third-order valence-corrected chi connectivity index (χ3v) is 3.49. The third-order valence-electron chi connectivity index (χ3n) is 2.90. The van der Waals surface area contributed by atoms with Gasteiger partial charge in [0.2, 0.25) is 0 Å². The van der Waals surface area contributed by atoms with Crippen LogP contribution in [0.25, 0.3) is 0 Å². The first-order valence-corrected chi connectivity index (χ1v) is 9.73. The molecule has 120 valence electrons. The summed E-state index contributed by atoms with van der Waals surface area (Å²) in [6.45, 7) is 6.19. The molecular weight excluding hydrogens is 349 g/mol. The summed E-state index contributed by atoms with van der Waals surface area (Å²) in [6.07, 6.45) is 0. The molecule has 0 heterocycles. The third kappa shape index (κ3) is 5.84. The summed E-state index contributed by atoms with van der Waals surface area (Å²) in [5.74, 6) is -1.36. The number of para-hydroxylation sites is 1. The van der Waals surface area contributed by atoms with Gasteiger partial charge in [-0.1, -0.05) is 53.5 Å². The van der Waals surface area contributed by atoms with Crippen molar-refractivity contribution in [1.29, 1.82) is 0 Å². The van der Waals surface area contributed by atoms with Crippen molar-refractivity contribution in [2.24, 2.45) is 0 Å². The molecule has 0 saturated heterocycles. The largest absolute Gasteiger partial charge is 0.423 e. The van der Waals surface area contributed by atoms with Crippen LogP contribution in [0.15, 0.2) is 42.5 Å². The van der Waals surface area contributed by atoms with Crippen LogP contribution in [-0.2, 0) is 4.79 Å². The number of hydrogen-bond acceptors (Lipinski definition) is 2. The summed E-state index contributed by atoms with van der Waals surface area (Å²) in [5, 5.41) is 0.533. The van der Waals surface area contributed by atoms with Crippen LogP contribution in [0.4, 0.5) is 0 Å². The van der Waals surface area contributed by atoms with Crippen molar-refractivity contribution in [3.8, 4) is 5.75 Å². The molecule has 2 radical (unpaired) electrons. The van der Waals surface area contributed by atoms with Gasteiger partial charge in [-0.25, -0.2) is 0 Å². The Morgan fingerprint density at radius 3 is 2.13 bits per heavy atom. The first-order valence-electron chi connectivity index (χ1n) is 6.97. The maximum Gasteiger partial charge on any atom is 0.309 e. The molecule has 0 spiro atoms. The Balaban J connectivity index is 0.000000816. The van der Waals surface area contributed by atoms with E-state index in [1.807, 2.05) is 25.1 Å². The van der Waals surface area contributed by atoms with Crippen LogP contribution in [0.5, 0.6) is 5.75 Å². The van der Waals surface area contributed by atoms with Crippen LogP contribution >= 0.6 is 31.8 Å². The van der Waals surface area contributed by atoms with Crippen LogP contribution in [0.1, 0.15) is 16.9 Å². The molecule has 2 nitrogen and oxygen atoms in total. The number of aryl methyl sites for hydroxylation is 1. The summed E-state index contributed by atoms with van der Waals surface area (Å²) < 4.78 is 5.22. The second kappa shape index (κ2) is 9.98. The Labute approximate surface area is 150 Å². The lowest BCUT2D eigenvalue weighted by Gasteiger charge is -2.15. The number of carbonyl (C=O) groups excluding carboxylic acids is 1. The Bertz CT molecular complexity index is 645. The monoisotopic (exact) mass is 366 g/mol. The van der Waals surface area contributed by atoms with Crippen LogP contribution in [0.3, 0.4) is 0 Å². The maximum atomic E-state index is 12.1. The zero-order valence-corrected chi connectivity index (χ0v) is 15.8. The van der Waals surface area contributed by atoms with Crippen molar-refractivity contribution in [2.75, 3.05) is 13.3 Å². The molecule has 0 bridgehead atoms. The first kappa shape index (κ1) is 20.0. The highest BCUT2D eigenvalue weighted by Crippen LogP contribution is 2.33. The quantitative estimate of drug-likeness (QED) is 0.329. The molecule has 6 heteroatoms. The standard InChI is InChI=1S/C15H11BCl2O2.C2H7P/c1-9-5-2-3-6-10(9)13(16)15(19)20-14-11(17)7-4-8-12(14)18;1-3-2/h2-8,13H,1H3;3H,1-2H3. The number of hydrogen-bond donors (Lipinski definition) is 0. The molecule has 23 heavy (non-hydrogen) atoms. The first-order chi connectivity index (χ1) is 10.9. The molecule has 1 unspecified atom stereocenters. The average molecular weight is 367 g/mol. The molecule has 0 amide bonds. The zero-order chi connectivity index (χ0) is 17.4. The Hall–Kier alpha value is -1.02. The lowest BCUT2D eigenvalue weighted by molar-refractivity contribution is -0.134. The molecule has 0 fully saturated rings. The normalized spacial score (nSPS) is 11.2. The Morgan fingerprint density at radius 2 is 1.61 bits per heavy atom. The lowest BCUT2D eigenvalue weighted by atomic mass is 9.79. The van der Waals surface area contributed by atoms with E-state index in [1.165, 1.54) is 0 Å². The summed E-state index contributed by atoms with van der Waals surface area (Å²) in [4.78, 5) is 12.1. The van der Waals surface area contributed by atoms with Crippen LogP contribution in [-0.4, -0.2) is 27.1 Å². The van der Waals surface area contributed by atoms with E-state index in [1.54, 1.807) is 24.3 Å². The van der Waals surface area contributed by atoms with Crippen LogP contribution in [0.2, 0.25) is 10.0 Å². The van der Waals surface area contributed by atoms with Gasteiger partial charge >= 0.3 is 5.97 Å². The minimum Gasteiger partial charge on any atom is -0.423 e. The molecule has 0 aliphatic rings. The Kier molecular flexibility index (Phi) is 8.69. The summed E-state index contributed by atoms with van der Waals surface area (Å²) in [5.41, 5.74) is 1.63. The second-order valence-electron chi connectivity index (χ2n) is 4.81. The fraction of sp³-hybridized carbons (Fsp3) is 0.235. The van der Waals surface area contributed by atoms with Gasteiger partial charge in [-0.15, -0.1) is 8.58 Å². The fourth-order valence-corrected chi connectivity index (χ4v) is 2.28. The SMILES string of the molecule is CPC.[B]C(C(=O)Oc1c(Cl)cccc1Cl)c1ccccc1C. The highest BCUT2D eigenvalue weighted by atomic mass is 35.5. The number of carbonyl (C=O) groups is 1. The smallest absolute Gasteiger partial charge is 0.309 e. The molecule has 0 aliphatic heterocycles. The van der Waals surface area contributed by atoms with E-state index in [4.69, 9.17) is 35.8 Å². The average Bonchev–Trinajstić information content (AvgIpc) is 2.51.